The predicted octanol–water partition coefficient (Wildman–Crippen LogP) is 4.68. The molecule has 3 aromatic rings. The Labute approximate surface area is 201 Å². The van der Waals surface area contributed by atoms with E-state index in [9.17, 15) is 4.79 Å². The van der Waals surface area contributed by atoms with Crippen molar-refractivity contribution in [3.05, 3.63) is 35.9 Å². The van der Waals surface area contributed by atoms with Crippen LogP contribution in [0.4, 0.5) is 0 Å². The van der Waals surface area contributed by atoms with Crippen molar-refractivity contribution < 1.29 is 32.9 Å². The summed E-state index contributed by atoms with van der Waals surface area (Å²) in [6, 6.07) is 8.72. The van der Waals surface area contributed by atoms with E-state index in [0.29, 0.717) is 78.8 Å². The molecule has 0 saturated carbocycles. The Bertz CT molecular complexity index is 1120. The lowest BCUT2D eigenvalue weighted by Crippen LogP contribution is -2.16. The van der Waals surface area contributed by atoms with Gasteiger partial charge in [-0.05, 0) is 51.1 Å². The number of rotatable bonds is 11. The van der Waals surface area contributed by atoms with E-state index in [1.54, 1.807) is 30.3 Å². The number of benzene rings is 2. The average molecular weight is 487 g/mol. The number of ketones is 1. The summed E-state index contributed by atoms with van der Waals surface area (Å²) in [4.78, 5) is 12.7. The van der Waals surface area contributed by atoms with Gasteiger partial charge in [-0.25, -0.2) is 0 Å². The van der Waals surface area contributed by atoms with Crippen LogP contribution >= 0.6 is 11.8 Å². The van der Waals surface area contributed by atoms with Crippen LogP contribution in [-0.2, 0) is 0 Å². The molecule has 0 aliphatic carbocycles. The van der Waals surface area contributed by atoms with Crippen molar-refractivity contribution in [3.8, 4) is 40.2 Å². The van der Waals surface area contributed by atoms with Gasteiger partial charge < -0.3 is 28.1 Å². The molecule has 0 spiro atoms. The maximum absolute atomic E-state index is 12.7. The number of nitrogens with zero attached hydrogens (tertiary/aromatic N) is 2. The van der Waals surface area contributed by atoms with Gasteiger partial charge in [-0.2, -0.15) is 0 Å². The number of carbonyl (C=O) groups excluding carboxylic acids is 1. The summed E-state index contributed by atoms with van der Waals surface area (Å²) >= 11 is 1.17. The van der Waals surface area contributed by atoms with E-state index in [0.717, 1.165) is 0 Å². The first kappa shape index (κ1) is 23.7. The number of fused-ring (bicyclic) bond motifs is 1. The maximum Gasteiger partial charge on any atom is 0.277 e. The Morgan fingerprint density at radius 1 is 0.912 bits per heavy atom. The number of hydrogen-bond acceptors (Lipinski definition) is 10. The zero-order valence-corrected chi connectivity index (χ0v) is 20.1. The number of aromatic nitrogens is 2. The molecule has 0 radical (unpaired) electrons. The summed E-state index contributed by atoms with van der Waals surface area (Å²) in [6.45, 7) is 8.04. The van der Waals surface area contributed by atoms with Gasteiger partial charge in [0.15, 0.2) is 28.8 Å². The zero-order chi connectivity index (χ0) is 23.9. The van der Waals surface area contributed by atoms with Crippen molar-refractivity contribution >= 4 is 17.5 Å². The van der Waals surface area contributed by atoms with E-state index in [2.05, 4.69) is 10.2 Å². The molecule has 10 heteroatoms. The largest absolute Gasteiger partial charge is 0.490 e. The predicted molar refractivity (Wildman–Crippen MR) is 126 cm³/mol. The van der Waals surface area contributed by atoms with E-state index < -0.39 is 0 Å². The molecule has 0 atom stereocenters. The SMILES string of the molecule is CCOc1cc(-c2nnc(SCC(=O)c3ccc4c(c3)OCCO4)o2)cc(OCC)c1OCC. The molecule has 34 heavy (non-hydrogen) atoms. The number of carbonyl (C=O) groups is 1. The van der Waals surface area contributed by atoms with Crippen LogP contribution < -0.4 is 23.7 Å². The molecule has 0 fully saturated rings. The van der Waals surface area contributed by atoms with Gasteiger partial charge in [-0.3, -0.25) is 4.79 Å². The normalized spacial score (nSPS) is 12.3. The second-order valence-corrected chi connectivity index (χ2v) is 7.97. The molecule has 1 aliphatic rings. The van der Waals surface area contributed by atoms with E-state index >= 15 is 0 Å². The first-order chi connectivity index (χ1) is 16.6. The fourth-order valence-electron chi connectivity index (χ4n) is 3.32. The van der Waals surface area contributed by atoms with E-state index in [1.165, 1.54) is 11.8 Å². The van der Waals surface area contributed by atoms with Crippen LogP contribution in [0, 0.1) is 0 Å². The topological polar surface area (TPSA) is 102 Å². The molecule has 2 aromatic carbocycles. The minimum Gasteiger partial charge on any atom is -0.490 e. The highest BCUT2D eigenvalue weighted by molar-refractivity contribution is 7.99. The van der Waals surface area contributed by atoms with Gasteiger partial charge in [0.05, 0.1) is 25.6 Å². The fourth-order valence-corrected chi connectivity index (χ4v) is 3.98. The Morgan fingerprint density at radius 3 is 2.26 bits per heavy atom. The van der Waals surface area contributed by atoms with Gasteiger partial charge in [-0.1, -0.05) is 11.8 Å². The summed E-state index contributed by atoms with van der Waals surface area (Å²) in [5.74, 6) is 3.17. The van der Waals surface area contributed by atoms with Crippen molar-refractivity contribution in [2.45, 2.75) is 26.0 Å². The molecule has 4 rings (SSSR count). The zero-order valence-electron chi connectivity index (χ0n) is 19.3. The molecular formula is C24H26N2O7S. The van der Waals surface area contributed by atoms with Gasteiger partial charge in [0, 0.05) is 11.1 Å². The third-order valence-corrected chi connectivity index (χ3v) is 5.57. The third kappa shape index (κ3) is 5.39. The highest BCUT2D eigenvalue weighted by Crippen LogP contribution is 2.42. The molecule has 1 aliphatic heterocycles. The van der Waals surface area contributed by atoms with Crippen molar-refractivity contribution in [3.63, 3.8) is 0 Å². The second-order valence-electron chi connectivity index (χ2n) is 7.04. The van der Waals surface area contributed by atoms with Gasteiger partial charge in [0.25, 0.3) is 5.22 Å². The van der Waals surface area contributed by atoms with Crippen molar-refractivity contribution in [1.82, 2.24) is 10.2 Å². The molecular weight excluding hydrogens is 460 g/mol. The average Bonchev–Trinajstić information content (AvgIpc) is 3.33. The number of ether oxygens (including phenoxy) is 5. The summed E-state index contributed by atoms with van der Waals surface area (Å²) in [5, 5.41) is 8.49. The van der Waals surface area contributed by atoms with Crippen LogP contribution in [0.3, 0.4) is 0 Å². The molecule has 0 N–H and O–H groups in total. The maximum atomic E-state index is 12.7. The number of thioether (sulfide) groups is 1. The van der Waals surface area contributed by atoms with E-state index in [-0.39, 0.29) is 16.8 Å². The van der Waals surface area contributed by atoms with E-state index in [1.807, 2.05) is 20.8 Å². The third-order valence-electron chi connectivity index (χ3n) is 4.75. The van der Waals surface area contributed by atoms with Gasteiger partial charge in [0.2, 0.25) is 11.6 Å². The molecule has 180 valence electrons. The summed E-state index contributed by atoms with van der Waals surface area (Å²) in [6.07, 6.45) is 0. The van der Waals surface area contributed by atoms with Gasteiger partial charge >= 0.3 is 0 Å². The van der Waals surface area contributed by atoms with E-state index in [4.69, 9.17) is 28.1 Å². The lowest BCUT2D eigenvalue weighted by molar-refractivity contribution is 0.102. The van der Waals surface area contributed by atoms with Gasteiger partial charge in [0.1, 0.15) is 13.2 Å². The minimum absolute atomic E-state index is 0.0833. The van der Waals surface area contributed by atoms with Gasteiger partial charge in [-0.15, -0.1) is 10.2 Å². The standard InChI is InChI=1S/C24H26N2O7S/c1-4-28-20-12-16(13-21(29-5-2)22(20)30-6-3)23-25-26-24(33-23)34-14-17(27)15-7-8-18-19(11-15)32-10-9-31-18/h7-8,11-13H,4-6,9-10,14H2,1-3H3. The first-order valence-corrected chi connectivity index (χ1v) is 12.1. The van der Waals surface area contributed by atoms with Crippen molar-refractivity contribution in [1.29, 1.82) is 0 Å². The monoisotopic (exact) mass is 486 g/mol. The molecule has 0 amide bonds. The highest BCUT2D eigenvalue weighted by Gasteiger charge is 2.20. The number of hydrogen-bond donors (Lipinski definition) is 0. The smallest absolute Gasteiger partial charge is 0.277 e. The summed E-state index contributed by atoms with van der Waals surface area (Å²) in [7, 11) is 0. The second kappa shape index (κ2) is 11.1. The molecule has 0 bridgehead atoms. The molecule has 0 unspecified atom stereocenters. The van der Waals surface area contributed by atoms with Crippen LogP contribution in [0.15, 0.2) is 40.0 Å². The van der Waals surface area contributed by atoms with Crippen molar-refractivity contribution in [2.24, 2.45) is 0 Å². The summed E-state index contributed by atoms with van der Waals surface area (Å²) in [5.41, 5.74) is 1.17. The van der Waals surface area contributed by atoms with Crippen LogP contribution in [-0.4, -0.2) is 54.8 Å². The molecule has 0 saturated heterocycles. The van der Waals surface area contributed by atoms with Crippen LogP contribution in [0.5, 0.6) is 28.7 Å². The molecule has 9 nitrogen and oxygen atoms in total. The Balaban J connectivity index is 1.49. The molecule has 1 aromatic heterocycles. The van der Waals surface area contributed by atoms with Crippen LogP contribution in [0.1, 0.15) is 31.1 Å². The Hall–Kier alpha value is -3.40. The lowest BCUT2D eigenvalue weighted by atomic mass is 10.1. The van der Waals surface area contributed by atoms with Crippen LogP contribution in [0.2, 0.25) is 0 Å². The summed E-state index contributed by atoms with van der Waals surface area (Å²) < 4.78 is 34.1. The molecule has 2 heterocycles. The minimum atomic E-state index is -0.0833. The quantitative estimate of drug-likeness (QED) is 0.280. The first-order valence-electron chi connectivity index (χ1n) is 11.1. The fraction of sp³-hybridized carbons (Fsp3) is 0.375. The highest BCUT2D eigenvalue weighted by atomic mass is 32.2. The lowest BCUT2D eigenvalue weighted by Gasteiger charge is -2.18. The number of Topliss-reactive ketones (excluding diaryl/α,β-unsaturated/α-hetero) is 1. The Morgan fingerprint density at radius 2 is 1.59 bits per heavy atom. The van der Waals surface area contributed by atoms with Crippen LogP contribution in [0.25, 0.3) is 11.5 Å². The van der Waals surface area contributed by atoms with Crippen molar-refractivity contribution in [2.75, 3.05) is 38.8 Å². The Kier molecular flexibility index (Phi) is 7.79.